The van der Waals surface area contributed by atoms with Gasteiger partial charge in [0.15, 0.2) is 0 Å². The number of ether oxygens (including phenoxy) is 1. The summed E-state index contributed by atoms with van der Waals surface area (Å²) in [6.45, 7) is 3.53. The molecule has 4 saturated heterocycles. The van der Waals surface area contributed by atoms with E-state index in [1.54, 1.807) is 0 Å². The van der Waals surface area contributed by atoms with Crippen LogP contribution in [0.3, 0.4) is 0 Å². The third-order valence-corrected chi connectivity index (χ3v) is 4.30. The van der Waals surface area contributed by atoms with E-state index in [-0.39, 0.29) is 0 Å². The summed E-state index contributed by atoms with van der Waals surface area (Å²) in [4.78, 5) is 2.65. The zero-order valence-corrected chi connectivity index (χ0v) is 9.43. The molecule has 0 saturated carbocycles. The molecule has 4 bridgehead atoms. The van der Waals surface area contributed by atoms with Gasteiger partial charge in [-0.05, 0) is 31.6 Å². The molecule has 86 valence electrons. The van der Waals surface area contributed by atoms with Gasteiger partial charge in [-0.2, -0.15) is 0 Å². The minimum absolute atomic E-state index is 0.319. The van der Waals surface area contributed by atoms with Gasteiger partial charge in [-0.3, -0.25) is 4.90 Å². The molecule has 0 amide bonds. The number of aliphatic hydroxyl groups excluding tert-OH is 1. The first-order valence-corrected chi connectivity index (χ1v) is 6.28. The number of hydrogen-bond donors (Lipinski definition) is 1. The van der Waals surface area contributed by atoms with Crippen LogP contribution in [0.4, 0.5) is 0 Å². The first kappa shape index (κ1) is 10.1. The summed E-state index contributed by atoms with van der Waals surface area (Å²) < 4.78 is 5.93. The first-order valence-electron chi connectivity index (χ1n) is 6.28. The number of nitrogens with zero attached hydrogens (tertiary/aromatic N) is 1. The average molecular weight is 211 g/mol. The zero-order chi connectivity index (χ0) is 10.4. The van der Waals surface area contributed by atoms with E-state index in [1.807, 2.05) is 0 Å². The molecule has 0 radical (unpaired) electrons. The summed E-state index contributed by atoms with van der Waals surface area (Å²) in [6, 6.07) is 1.49. The van der Waals surface area contributed by atoms with Crippen LogP contribution in [0, 0.1) is 5.92 Å². The Morgan fingerprint density at radius 1 is 1.20 bits per heavy atom. The molecular formula is C12H21NO2. The second-order valence-electron chi connectivity index (χ2n) is 5.62. The second kappa shape index (κ2) is 3.72. The van der Waals surface area contributed by atoms with Crippen LogP contribution >= 0.6 is 0 Å². The van der Waals surface area contributed by atoms with Gasteiger partial charge in [-0.15, -0.1) is 0 Å². The molecule has 4 heterocycles. The van der Waals surface area contributed by atoms with Crippen molar-refractivity contribution in [3.63, 3.8) is 0 Å². The van der Waals surface area contributed by atoms with Gasteiger partial charge in [-0.25, -0.2) is 0 Å². The average Bonchev–Trinajstić information content (AvgIpc) is 2.22. The van der Waals surface area contributed by atoms with Crippen LogP contribution in [0.2, 0.25) is 0 Å². The van der Waals surface area contributed by atoms with E-state index in [9.17, 15) is 0 Å². The maximum atomic E-state index is 9.14. The lowest BCUT2D eigenvalue weighted by Crippen LogP contribution is -2.62. The van der Waals surface area contributed by atoms with E-state index in [0.29, 0.717) is 24.7 Å². The Bertz CT molecular complexity index is 216. The summed E-state index contributed by atoms with van der Waals surface area (Å²) >= 11 is 0. The van der Waals surface area contributed by atoms with Gasteiger partial charge in [0.05, 0.1) is 12.2 Å². The molecule has 4 rings (SSSR count). The van der Waals surface area contributed by atoms with Crippen molar-refractivity contribution in [2.45, 2.75) is 56.9 Å². The molecular weight excluding hydrogens is 190 g/mol. The van der Waals surface area contributed by atoms with Crippen LogP contribution in [0.25, 0.3) is 0 Å². The Labute approximate surface area is 91.4 Å². The highest BCUT2D eigenvalue weighted by Gasteiger charge is 2.47. The van der Waals surface area contributed by atoms with Crippen LogP contribution in [-0.2, 0) is 4.74 Å². The van der Waals surface area contributed by atoms with E-state index < -0.39 is 0 Å². The molecule has 0 unspecified atom stereocenters. The smallest absolute Gasteiger partial charge is 0.0608 e. The monoisotopic (exact) mass is 211 g/mol. The number of hydrogen-bond acceptors (Lipinski definition) is 3. The maximum absolute atomic E-state index is 9.14. The van der Waals surface area contributed by atoms with Crippen molar-refractivity contribution >= 4 is 0 Å². The van der Waals surface area contributed by atoms with Crippen molar-refractivity contribution < 1.29 is 9.84 Å². The normalized spacial score (nSPS) is 46.0. The molecule has 1 N–H and O–H groups in total. The second-order valence-corrected chi connectivity index (χ2v) is 5.62. The van der Waals surface area contributed by atoms with Crippen molar-refractivity contribution in [3.05, 3.63) is 0 Å². The summed E-state index contributed by atoms with van der Waals surface area (Å²) in [6.07, 6.45) is 6.01. The molecule has 0 aromatic heterocycles. The summed E-state index contributed by atoms with van der Waals surface area (Å²) in [5.74, 6) is 0.420. The lowest BCUT2D eigenvalue weighted by atomic mass is 9.77. The van der Waals surface area contributed by atoms with Crippen molar-refractivity contribution in [1.29, 1.82) is 0 Å². The standard InChI is InChI=1S/C12H21NO2/c1-8(7-14)6-13-9-2-11-4-10(13)5-12(3-9)15-11/h8-12,14H,2-7H2,1H3/t8-,9?,10?,11?,12?/m1/s1. The zero-order valence-electron chi connectivity index (χ0n) is 9.43. The topological polar surface area (TPSA) is 32.7 Å². The third kappa shape index (κ3) is 1.71. The minimum atomic E-state index is 0.319. The van der Waals surface area contributed by atoms with Crippen molar-refractivity contribution in [1.82, 2.24) is 4.90 Å². The van der Waals surface area contributed by atoms with E-state index in [4.69, 9.17) is 9.84 Å². The van der Waals surface area contributed by atoms with Crippen molar-refractivity contribution in [3.8, 4) is 0 Å². The molecule has 3 heteroatoms. The van der Waals surface area contributed by atoms with Crippen molar-refractivity contribution in [2.24, 2.45) is 5.92 Å². The predicted molar refractivity (Wildman–Crippen MR) is 57.7 cm³/mol. The fourth-order valence-corrected chi connectivity index (χ4v) is 3.65. The Kier molecular flexibility index (Phi) is 2.49. The lowest BCUT2D eigenvalue weighted by Gasteiger charge is -2.56. The molecule has 4 aliphatic heterocycles. The van der Waals surface area contributed by atoms with Crippen LogP contribution in [-0.4, -0.2) is 47.4 Å². The SMILES string of the molecule is C[C@@H](CO)CN1C2CC3CC1CC(C2)O3. The van der Waals surface area contributed by atoms with Crippen LogP contribution in [0.5, 0.6) is 0 Å². The molecule has 15 heavy (non-hydrogen) atoms. The van der Waals surface area contributed by atoms with E-state index in [1.165, 1.54) is 25.7 Å². The quantitative estimate of drug-likeness (QED) is 0.756. The van der Waals surface area contributed by atoms with E-state index in [2.05, 4.69) is 11.8 Å². The summed E-state index contributed by atoms with van der Waals surface area (Å²) in [7, 11) is 0. The first-order chi connectivity index (χ1) is 7.26. The van der Waals surface area contributed by atoms with Gasteiger partial charge in [0.25, 0.3) is 0 Å². The van der Waals surface area contributed by atoms with Gasteiger partial charge in [-0.1, -0.05) is 6.92 Å². The molecule has 0 aromatic carbocycles. The Morgan fingerprint density at radius 2 is 1.73 bits per heavy atom. The van der Waals surface area contributed by atoms with Gasteiger partial charge < -0.3 is 9.84 Å². The van der Waals surface area contributed by atoms with Crippen LogP contribution < -0.4 is 0 Å². The Hall–Kier alpha value is -0.120. The fraction of sp³-hybridized carbons (Fsp3) is 1.00. The molecule has 4 aliphatic rings. The fourth-order valence-electron chi connectivity index (χ4n) is 3.65. The van der Waals surface area contributed by atoms with Gasteiger partial charge in [0, 0.05) is 25.2 Å². The van der Waals surface area contributed by atoms with Crippen LogP contribution in [0.15, 0.2) is 0 Å². The molecule has 0 spiro atoms. The number of rotatable bonds is 3. The van der Waals surface area contributed by atoms with Crippen molar-refractivity contribution in [2.75, 3.05) is 13.2 Å². The summed E-state index contributed by atoms with van der Waals surface area (Å²) in [5.41, 5.74) is 0. The number of aliphatic hydroxyl groups is 1. The summed E-state index contributed by atoms with van der Waals surface area (Å²) in [5, 5.41) is 9.14. The molecule has 4 fully saturated rings. The van der Waals surface area contributed by atoms with Gasteiger partial charge in [0.1, 0.15) is 0 Å². The third-order valence-electron chi connectivity index (χ3n) is 4.30. The predicted octanol–water partition coefficient (Wildman–Crippen LogP) is 1.01. The van der Waals surface area contributed by atoms with E-state index >= 15 is 0 Å². The Morgan fingerprint density at radius 3 is 2.20 bits per heavy atom. The lowest BCUT2D eigenvalue weighted by molar-refractivity contribution is -0.184. The molecule has 3 nitrogen and oxygen atoms in total. The highest BCUT2D eigenvalue weighted by Crippen LogP contribution is 2.42. The maximum Gasteiger partial charge on any atom is 0.0608 e. The minimum Gasteiger partial charge on any atom is -0.396 e. The molecule has 0 aromatic rings. The van der Waals surface area contributed by atoms with Crippen LogP contribution in [0.1, 0.15) is 32.6 Å². The number of piperidine rings is 2. The largest absolute Gasteiger partial charge is 0.396 e. The molecule has 0 aliphatic carbocycles. The Balaban J connectivity index is 1.69. The highest BCUT2D eigenvalue weighted by atomic mass is 16.5. The highest BCUT2D eigenvalue weighted by molar-refractivity contribution is 5.00. The van der Waals surface area contributed by atoms with Gasteiger partial charge >= 0.3 is 0 Å². The molecule has 1 atom stereocenters. The van der Waals surface area contributed by atoms with Gasteiger partial charge in [0.2, 0.25) is 0 Å². The van der Waals surface area contributed by atoms with E-state index in [0.717, 1.165) is 18.6 Å².